The van der Waals surface area contributed by atoms with Crippen molar-refractivity contribution in [2.24, 2.45) is 13.0 Å². The first-order valence-corrected chi connectivity index (χ1v) is 9.03. The number of nitrogens with one attached hydrogen (secondary N) is 2. The van der Waals surface area contributed by atoms with Crippen LogP contribution in [0.3, 0.4) is 0 Å². The minimum absolute atomic E-state index is 0. The number of amides is 2. The Balaban J connectivity index is 0.00000210. The molecule has 7 nitrogen and oxygen atoms in total. The summed E-state index contributed by atoms with van der Waals surface area (Å²) in [6, 6.07) is 7.53. The Bertz CT molecular complexity index is 837. The Morgan fingerprint density at radius 3 is 2.81 bits per heavy atom. The molecule has 2 aliphatic rings. The summed E-state index contributed by atoms with van der Waals surface area (Å²) in [5.74, 6) is 0.0243. The predicted molar refractivity (Wildman–Crippen MR) is 106 cm³/mol. The number of nitrogens with zero attached hydrogens (tertiary/aromatic N) is 3. The Kier molecular flexibility index (Phi) is 5.82. The molecular formula is C19H24ClN5O2. The lowest BCUT2D eigenvalue weighted by molar-refractivity contribution is -0.120. The molecule has 2 aromatic rings. The lowest BCUT2D eigenvalue weighted by Crippen LogP contribution is -2.30. The third kappa shape index (κ3) is 3.84. The first-order chi connectivity index (χ1) is 12.6. The number of benzene rings is 1. The zero-order valence-electron chi connectivity index (χ0n) is 15.2. The van der Waals surface area contributed by atoms with Crippen molar-refractivity contribution in [1.29, 1.82) is 0 Å². The standard InChI is InChI=1S/C19H23N5O2.ClH/c1-23-12-13(9-21-23)14-10-20-11-15(14)19(26)22-16-5-2-3-6-17(16)24-8-4-7-18(24)25;/h2-3,5-6,9,12,14-15,20H,4,7-8,10-11H2,1H3,(H,22,26);1H/t14-,15+;/m1./s1. The van der Waals surface area contributed by atoms with Crippen LogP contribution in [0.2, 0.25) is 0 Å². The van der Waals surface area contributed by atoms with E-state index in [9.17, 15) is 9.59 Å². The summed E-state index contributed by atoms with van der Waals surface area (Å²) in [7, 11) is 1.88. The zero-order valence-corrected chi connectivity index (χ0v) is 16.0. The molecule has 3 heterocycles. The van der Waals surface area contributed by atoms with E-state index in [1.165, 1.54) is 0 Å². The fraction of sp³-hybridized carbons (Fsp3) is 0.421. The van der Waals surface area contributed by atoms with Crippen LogP contribution in [0.15, 0.2) is 36.7 Å². The second kappa shape index (κ2) is 8.10. The fourth-order valence-electron chi connectivity index (χ4n) is 3.88. The van der Waals surface area contributed by atoms with Crippen LogP contribution < -0.4 is 15.5 Å². The topological polar surface area (TPSA) is 79.3 Å². The molecule has 0 unspecified atom stereocenters. The molecule has 0 radical (unpaired) electrons. The lowest BCUT2D eigenvalue weighted by Gasteiger charge is -2.22. The summed E-state index contributed by atoms with van der Waals surface area (Å²) in [6.07, 6.45) is 5.22. The van der Waals surface area contributed by atoms with Crippen LogP contribution in [0.5, 0.6) is 0 Å². The average molecular weight is 390 g/mol. The van der Waals surface area contributed by atoms with E-state index in [0.29, 0.717) is 25.2 Å². The van der Waals surface area contributed by atoms with Crippen LogP contribution in [-0.2, 0) is 16.6 Å². The molecule has 144 valence electrons. The number of para-hydroxylation sites is 2. The number of hydrogen-bond acceptors (Lipinski definition) is 4. The van der Waals surface area contributed by atoms with Gasteiger partial charge in [0.2, 0.25) is 11.8 Å². The molecule has 2 fully saturated rings. The van der Waals surface area contributed by atoms with Gasteiger partial charge in [-0.1, -0.05) is 12.1 Å². The molecule has 0 aliphatic carbocycles. The van der Waals surface area contributed by atoms with Gasteiger partial charge in [0.15, 0.2) is 0 Å². The molecule has 0 saturated carbocycles. The third-order valence-electron chi connectivity index (χ3n) is 5.23. The van der Waals surface area contributed by atoms with Gasteiger partial charge in [-0.3, -0.25) is 14.3 Å². The highest BCUT2D eigenvalue weighted by atomic mass is 35.5. The predicted octanol–water partition coefficient (Wildman–Crippen LogP) is 1.91. The number of carbonyl (C=O) groups excluding carboxylic acids is 2. The molecule has 0 spiro atoms. The first-order valence-electron chi connectivity index (χ1n) is 9.03. The Morgan fingerprint density at radius 2 is 2.11 bits per heavy atom. The van der Waals surface area contributed by atoms with Crippen molar-refractivity contribution in [3.05, 3.63) is 42.2 Å². The third-order valence-corrected chi connectivity index (χ3v) is 5.23. The minimum atomic E-state index is -0.165. The fourth-order valence-corrected chi connectivity index (χ4v) is 3.88. The molecule has 2 amide bonds. The van der Waals surface area contributed by atoms with Crippen molar-refractivity contribution >= 4 is 35.6 Å². The highest BCUT2D eigenvalue weighted by Gasteiger charge is 2.35. The van der Waals surface area contributed by atoms with Crippen LogP contribution in [0.4, 0.5) is 11.4 Å². The van der Waals surface area contributed by atoms with Gasteiger partial charge in [0.1, 0.15) is 0 Å². The Hall–Kier alpha value is -2.38. The molecule has 27 heavy (non-hydrogen) atoms. The second-order valence-corrected chi connectivity index (χ2v) is 6.97. The summed E-state index contributed by atoms with van der Waals surface area (Å²) in [4.78, 5) is 26.8. The van der Waals surface area contributed by atoms with E-state index in [2.05, 4.69) is 15.7 Å². The quantitative estimate of drug-likeness (QED) is 0.837. The summed E-state index contributed by atoms with van der Waals surface area (Å²) in [5.41, 5.74) is 2.55. The molecule has 2 N–H and O–H groups in total. The summed E-state index contributed by atoms with van der Waals surface area (Å²) >= 11 is 0. The minimum Gasteiger partial charge on any atom is -0.324 e. The molecular weight excluding hydrogens is 366 g/mol. The highest BCUT2D eigenvalue weighted by molar-refractivity contribution is 6.02. The van der Waals surface area contributed by atoms with Crippen molar-refractivity contribution < 1.29 is 9.59 Å². The molecule has 1 aromatic carbocycles. The Morgan fingerprint density at radius 1 is 1.30 bits per heavy atom. The van der Waals surface area contributed by atoms with Gasteiger partial charge < -0.3 is 15.5 Å². The molecule has 2 saturated heterocycles. The van der Waals surface area contributed by atoms with E-state index >= 15 is 0 Å². The van der Waals surface area contributed by atoms with Gasteiger partial charge in [0.25, 0.3) is 0 Å². The number of aromatic nitrogens is 2. The van der Waals surface area contributed by atoms with Crippen LogP contribution in [0.25, 0.3) is 0 Å². The monoisotopic (exact) mass is 389 g/mol. The molecule has 2 atom stereocenters. The van der Waals surface area contributed by atoms with Gasteiger partial charge in [-0.2, -0.15) is 5.10 Å². The molecule has 0 bridgehead atoms. The number of rotatable bonds is 4. The van der Waals surface area contributed by atoms with Crippen LogP contribution in [-0.4, -0.2) is 41.2 Å². The van der Waals surface area contributed by atoms with Gasteiger partial charge in [-0.15, -0.1) is 12.4 Å². The smallest absolute Gasteiger partial charge is 0.229 e. The number of halogens is 1. The molecule has 2 aliphatic heterocycles. The van der Waals surface area contributed by atoms with Gasteiger partial charge >= 0.3 is 0 Å². The van der Waals surface area contributed by atoms with E-state index in [1.807, 2.05) is 43.7 Å². The Labute approximate surface area is 164 Å². The van der Waals surface area contributed by atoms with Gasteiger partial charge in [0.05, 0.1) is 23.5 Å². The van der Waals surface area contributed by atoms with Crippen molar-refractivity contribution in [2.75, 3.05) is 29.9 Å². The van der Waals surface area contributed by atoms with Crippen molar-refractivity contribution in [2.45, 2.75) is 18.8 Å². The average Bonchev–Trinajstić information content (AvgIpc) is 3.35. The number of aryl methyl sites for hydroxylation is 1. The van der Waals surface area contributed by atoms with Crippen molar-refractivity contribution in [1.82, 2.24) is 15.1 Å². The van der Waals surface area contributed by atoms with Gasteiger partial charge in [0, 0.05) is 45.2 Å². The highest BCUT2D eigenvalue weighted by Crippen LogP contribution is 2.32. The van der Waals surface area contributed by atoms with Crippen LogP contribution in [0.1, 0.15) is 24.3 Å². The molecule has 8 heteroatoms. The van der Waals surface area contributed by atoms with Gasteiger partial charge in [-0.25, -0.2) is 0 Å². The normalized spacial score (nSPS) is 22.0. The van der Waals surface area contributed by atoms with E-state index < -0.39 is 0 Å². The van der Waals surface area contributed by atoms with Crippen LogP contribution in [0, 0.1) is 5.92 Å². The lowest BCUT2D eigenvalue weighted by atomic mass is 9.90. The zero-order chi connectivity index (χ0) is 18.1. The van der Waals surface area contributed by atoms with Gasteiger partial charge in [-0.05, 0) is 24.1 Å². The number of carbonyl (C=O) groups is 2. The summed E-state index contributed by atoms with van der Waals surface area (Å²) < 4.78 is 1.76. The number of anilines is 2. The summed E-state index contributed by atoms with van der Waals surface area (Å²) in [5, 5.41) is 10.6. The van der Waals surface area contributed by atoms with Crippen molar-refractivity contribution in [3.63, 3.8) is 0 Å². The van der Waals surface area contributed by atoms with E-state index in [-0.39, 0.29) is 36.1 Å². The maximum Gasteiger partial charge on any atom is 0.229 e. The van der Waals surface area contributed by atoms with Crippen LogP contribution >= 0.6 is 12.4 Å². The van der Waals surface area contributed by atoms with E-state index in [1.54, 1.807) is 9.58 Å². The molecule has 4 rings (SSSR count). The molecule has 1 aromatic heterocycles. The maximum atomic E-state index is 13.0. The first kappa shape index (κ1) is 19.4. The second-order valence-electron chi connectivity index (χ2n) is 6.97. The summed E-state index contributed by atoms with van der Waals surface area (Å²) in [6.45, 7) is 2.10. The van der Waals surface area contributed by atoms with Crippen molar-refractivity contribution in [3.8, 4) is 0 Å². The van der Waals surface area contributed by atoms with E-state index in [4.69, 9.17) is 0 Å². The SMILES string of the molecule is Cl.Cn1cc([C@H]2CNC[C@@H]2C(=O)Nc2ccccc2N2CCCC2=O)cn1. The largest absolute Gasteiger partial charge is 0.324 e. The van der Waals surface area contributed by atoms with E-state index in [0.717, 1.165) is 24.2 Å². The maximum absolute atomic E-state index is 13.0. The number of hydrogen-bond donors (Lipinski definition) is 2.